The normalized spacial score (nSPS) is 20.6. The van der Waals surface area contributed by atoms with E-state index >= 15 is 8.78 Å². The maximum atomic E-state index is 15.2. The molecule has 53 heavy (non-hydrogen) atoms. The number of benzene rings is 2. The molecule has 3 atom stereocenters. The van der Waals surface area contributed by atoms with E-state index in [0.29, 0.717) is 77.7 Å². The van der Waals surface area contributed by atoms with E-state index in [1.54, 1.807) is 25.3 Å². The quantitative estimate of drug-likeness (QED) is 0.269. The molecule has 9 rings (SSSR count). The van der Waals surface area contributed by atoms with Crippen LogP contribution in [0, 0.1) is 24.4 Å². The number of carbonyl (C=O) groups excluding carboxylic acids is 1. The highest BCUT2D eigenvalue weighted by molar-refractivity contribution is 5.97. The Hall–Kier alpha value is -5.54. The van der Waals surface area contributed by atoms with Crippen LogP contribution >= 0.6 is 0 Å². The summed E-state index contributed by atoms with van der Waals surface area (Å²) in [4.78, 5) is 35.2. The van der Waals surface area contributed by atoms with Crippen LogP contribution in [0.15, 0.2) is 54.7 Å². The fourth-order valence-electron chi connectivity index (χ4n) is 8.24. The first kappa shape index (κ1) is 33.3. The second kappa shape index (κ2) is 12.6. The van der Waals surface area contributed by atoms with Crippen LogP contribution in [0.5, 0.6) is 0 Å². The summed E-state index contributed by atoms with van der Waals surface area (Å²) in [6, 6.07) is 11.1. The number of aryl methyl sites for hydroxylation is 1. The lowest BCUT2D eigenvalue weighted by molar-refractivity contribution is -0.132. The molecule has 0 spiro atoms. The molecule has 3 aliphatic heterocycles. The van der Waals surface area contributed by atoms with Gasteiger partial charge in [-0.3, -0.25) is 9.69 Å². The number of fused-ring (bicyclic) bond motifs is 8. The molecule has 0 radical (unpaired) electrons. The molecule has 1 amide bonds. The van der Waals surface area contributed by atoms with Crippen molar-refractivity contribution in [2.24, 2.45) is 0 Å². The van der Waals surface area contributed by atoms with Crippen molar-refractivity contribution in [2.45, 2.75) is 51.2 Å². The summed E-state index contributed by atoms with van der Waals surface area (Å²) in [6.45, 7) is 4.03. The van der Waals surface area contributed by atoms with Gasteiger partial charge in [0.1, 0.15) is 40.8 Å². The van der Waals surface area contributed by atoms with Crippen LogP contribution in [-0.4, -0.2) is 97.5 Å². The molecule has 1 N–H and O–H groups in total. The molecule has 4 aromatic heterocycles. The molecule has 272 valence electrons. The minimum atomic E-state index is -0.735. The SMILES string of the molecule is CO[C@H]1CN(C)C(=O)[C@@H]2C[C@@H](CN2c2nc3c(c4c2cnn4-c2ccc(F)cc2F)CN(C)C3)Nc2cccc(n2)-c2cc(F)cc3nc(C)n(c23)C1. The highest BCUT2D eigenvalue weighted by Crippen LogP contribution is 2.39. The summed E-state index contributed by atoms with van der Waals surface area (Å²) < 4.78 is 53.7. The summed E-state index contributed by atoms with van der Waals surface area (Å²) in [5, 5.41) is 8.82. The van der Waals surface area contributed by atoms with E-state index in [9.17, 15) is 9.18 Å². The molecule has 15 heteroatoms. The summed E-state index contributed by atoms with van der Waals surface area (Å²) in [5.41, 5.74) is 4.93. The van der Waals surface area contributed by atoms with Gasteiger partial charge in [0.05, 0.1) is 52.2 Å². The number of pyridine rings is 2. The third-order valence-corrected chi connectivity index (χ3v) is 10.7. The van der Waals surface area contributed by atoms with Crippen molar-refractivity contribution in [3.63, 3.8) is 0 Å². The predicted octanol–water partition coefficient (Wildman–Crippen LogP) is 5.05. The fraction of sp³-hybridized carbons (Fsp3) is 0.342. The molecule has 6 aromatic rings. The van der Waals surface area contributed by atoms with Crippen molar-refractivity contribution in [3.05, 3.63) is 89.3 Å². The number of nitrogens with one attached hydrogen (secondary N) is 1. The maximum Gasteiger partial charge on any atom is 0.245 e. The number of rotatable bonds is 3. The van der Waals surface area contributed by atoms with Crippen LogP contribution in [0.25, 0.3) is 38.9 Å². The van der Waals surface area contributed by atoms with E-state index < -0.39 is 29.6 Å². The zero-order valence-electron chi connectivity index (χ0n) is 29.6. The number of hydrogen-bond donors (Lipinski definition) is 1. The van der Waals surface area contributed by atoms with Crippen molar-refractivity contribution < 1.29 is 22.7 Å². The number of methoxy groups -OCH3 is 1. The molecule has 0 unspecified atom stereocenters. The lowest BCUT2D eigenvalue weighted by Gasteiger charge is -2.31. The van der Waals surface area contributed by atoms with E-state index in [-0.39, 0.29) is 24.2 Å². The molecule has 7 heterocycles. The van der Waals surface area contributed by atoms with Crippen LogP contribution in [0.1, 0.15) is 23.5 Å². The molecule has 3 aliphatic rings. The number of carbonyl (C=O) groups is 1. The lowest BCUT2D eigenvalue weighted by Crippen LogP contribution is -2.47. The van der Waals surface area contributed by atoms with E-state index in [4.69, 9.17) is 14.7 Å². The average molecular weight is 723 g/mol. The Bertz CT molecular complexity index is 2450. The number of aromatic nitrogens is 6. The fourth-order valence-corrected chi connectivity index (χ4v) is 8.24. The molecular formula is C38H37F3N10O2. The number of imidazole rings is 1. The number of likely N-dealkylation sites (N-methyl/N-ethyl adjacent to an activating group) is 1. The van der Waals surface area contributed by atoms with Gasteiger partial charge in [-0.15, -0.1) is 0 Å². The second-order valence-corrected chi connectivity index (χ2v) is 14.3. The molecule has 1 saturated heterocycles. The van der Waals surface area contributed by atoms with E-state index in [2.05, 4.69) is 20.3 Å². The van der Waals surface area contributed by atoms with Gasteiger partial charge in [0.2, 0.25) is 5.91 Å². The molecule has 0 saturated carbocycles. The van der Waals surface area contributed by atoms with Crippen LogP contribution in [-0.2, 0) is 29.2 Å². The number of anilines is 2. The average Bonchev–Trinajstić information content (AvgIpc) is 3.90. The Balaban J connectivity index is 1.18. The number of halogens is 3. The van der Waals surface area contributed by atoms with Crippen molar-refractivity contribution in [1.82, 2.24) is 39.1 Å². The van der Waals surface area contributed by atoms with Gasteiger partial charge in [-0.05, 0) is 50.7 Å². The first-order valence-corrected chi connectivity index (χ1v) is 17.5. The van der Waals surface area contributed by atoms with Gasteiger partial charge in [0.15, 0.2) is 5.82 Å². The van der Waals surface area contributed by atoms with E-state index in [1.807, 2.05) is 41.6 Å². The monoisotopic (exact) mass is 722 g/mol. The Morgan fingerprint density at radius 1 is 0.925 bits per heavy atom. The largest absolute Gasteiger partial charge is 0.378 e. The smallest absolute Gasteiger partial charge is 0.245 e. The molecule has 4 bridgehead atoms. The number of amides is 1. The topological polar surface area (TPSA) is 109 Å². The summed E-state index contributed by atoms with van der Waals surface area (Å²) in [7, 11) is 5.36. The van der Waals surface area contributed by atoms with Crippen molar-refractivity contribution in [2.75, 3.05) is 44.5 Å². The Morgan fingerprint density at radius 3 is 2.58 bits per heavy atom. The van der Waals surface area contributed by atoms with Gasteiger partial charge in [-0.1, -0.05) is 6.07 Å². The standard InChI is InChI=1S/C38H37F3N10O2/c1-20-43-30-12-22(40)10-25-29-6-5-7-34(45-29)44-23-13-33(38(52)48(3)16-24(53-4)17-49(20)36(25)30)50(15-23)37-26-14-42-51(32-9-8-21(39)11-28(32)41)35(26)27-18-47(2)19-31(27)46-37/h5-12,14,23-24,33H,13,15-19H2,1-4H3,(H,44,45)/t23-,24-,33-/m0/s1. The van der Waals surface area contributed by atoms with Crippen LogP contribution < -0.4 is 10.2 Å². The minimum absolute atomic E-state index is 0.118. The Labute approximate surface area is 302 Å². The van der Waals surface area contributed by atoms with Gasteiger partial charge in [0.25, 0.3) is 0 Å². The van der Waals surface area contributed by atoms with Crippen LogP contribution in [0.2, 0.25) is 0 Å². The first-order valence-electron chi connectivity index (χ1n) is 17.5. The zero-order chi connectivity index (χ0) is 36.7. The second-order valence-electron chi connectivity index (χ2n) is 14.3. The maximum absolute atomic E-state index is 15.2. The Morgan fingerprint density at radius 2 is 1.77 bits per heavy atom. The van der Waals surface area contributed by atoms with Crippen LogP contribution in [0.3, 0.4) is 0 Å². The molecular weight excluding hydrogens is 685 g/mol. The van der Waals surface area contributed by atoms with Crippen molar-refractivity contribution in [1.29, 1.82) is 0 Å². The van der Waals surface area contributed by atoms with Crippen LogP contribution in [0.4, 0.5) is 24.8 Å². The van der Waals surface area contributed by atoms with Crippen molar-refractivity contribution in [3.8, 4) is 16.9 Å². The minimum Gasteiger partial charge on any atom is -0.378 e. The predicted molar refractivity (Wildman–Crippen MR) is 193 cm³/mol. The third kappa shape index (κ3) is 5.57. The number of ether oxygens (including phenoxy) is 1. The molecule has 12 nitrogen and oxygen atoms in total. The van der Waals surface area contributed by atoms with Gasteiger partial charge in [0, 0.05) is 69.6 Å². The van der Waals surface area contributed by atoms with Gasteiger partial charge >= 0.3 is 0 Å². The van der Waals surface area contributed by atoms with Crippen molar-refractivity contribution >= 4 is 39.5 Å². The Kier molecular flexibility index (Phi) is 7.89. The molecule has 1 fully saturated rings. The number of hydrogen-bond acceptors (Lipinski definition) is 9. The first-order chi connectivity index (χ1) is 25.6. The number of nitrogens with zero attached hydrogens (tertiary/aromatic N) is 9. The molecule has 2 aromatic carbocycles. The zero-order valence-corrected chi connectivity index (χ0v) is 29.6. The van der Waals surface area contributed by atoms with Gasteiger partial charge in [-0.2, -0.15) is 5.10 Å². The molecule has 0 aliphatic carbocycles. The highest BCUT2D eigenvalue weighted by atomic mass is 19.1. The van der Waals surface area contributed by atoms with Gasteiger partial charge in [-0.25, -0.2) is 32.8 Å². The lowest BCUT2D eigenvalue weighted by atomic mass is 10.1. The third-order valence-electron chi connectivity index (χ3n) is 10.7. The summed E-state index contributed by atoms with van der Waals surface area (Å²) in [5.74, 6) is -0.123. The van der Waals surface area contributed by atoms with E-state index in [0.717, 1.165) is 22.8 Å². The van der Waals surface area contributed by atoms with E-state index in [1.165, 1.54) is 28.9 Å². The summed E-state index contributed by atoms with van der Waals surface area (Å²) >= 11 is 0. The van der Waals surface area contributed by atoms with Gasteiger partial charge < -0.3 is 24.4 Å². The summed E-state index contributed by atoms with van der Waals surface area (Å²) in [6.07, 6.45) is 1.66. The highest BCUT2D eigenvalue weighted by Gasteiger charge is 2.42.